The molecule has 0 unspecified atom stereocenters. The number of amides is 2. The van der Waals surface area contributed by atoms with Crippen molar-refractivity contribution >= 4 is 35.0 Å². The number of nitrogens with zero attached hydrogens (tertiary/aromatic N) is 1. The number of carbonyl (C=O) groups excluding carboxylic acids is 2. The highest BCUT2D eigenvalue weighted by molar-refractivity contribution is 6.28. The first kappa shape index (κ1) is 9.73. The van der Waals surface area contributed by atoms with Crippen LogP contribution in [-0.4, -0.2) is 11.8 Å². The third kappa shape index (κ3) is 1.71. The molecule has 1 aliphatic rings. The lowest BCUT2D eigenvalue weighted by Crippen LogP contribution is -2.29. The normalized spacial score (nSPS) is 14.9. The molecule has 2 amide bonds. The summed E-state index contributed by atoms with van der Waals surface area (Å²) in [5.41, 5.74) is 1.23. The summed E-state index contributed by atoms with van der Waals surface area (Å²) in [5, 5.41) is 0. The molecule has 0 bridgehead atoms. The number of imide groups is 1. The van der Waals surface area contributed by atoms with Crippen molar-refractivity contribution in [2.45, 2.75) is 0 Å². The maximum Gasteiger partial charge on any atom is 0.258 e. The monoisotopic (exact) mass is 222 g/mol. The zero-order valence-corrected chi connectivity index (χ0v) is 8.36. The number of halogens is 1. The average molecular weight is 223 g/mol. The summed E-state index contributed by atoms with van der Waals surface area (Å²) in [7, 11) is 0. The van der Waals surface area contributed by atoms with Crippen molar-refractivity contribution in [3.05, 3.63) is 36.4 Å². The van der Waals surface area contributed by atoms with Gasteiger partial charge >= 0.3 is 0 Å². The molecule has 0 spiro atoms. The van der Waals surface area contributed by atoms with Gasteiger partial charge in [-0.05, 0) is 24.3 Å². The number of hydrogen-bond acceptors (Lipinski definition) is 3. The number of nitrogens with one attached hydrogen (secondary N) is 1. The molecule has 4 nitrogen and oxygen atoms in total. The summed E-state index contributed by atoms with van der Waals surface area (Å²) in [6.07, 6.45) is 2.49. The summed E-state index contributed by atoms with van der Waals surface area (Å²) >= 11 is 5.39. The first-order valence-corrected chi connectivity index (χ1v) is 4.63. The van der Waals surface area contributed by atoms with Crippen LogP contribution in [0.25, 0.3) is 0 Å². The van der Waals surface area contributed by atoms with Gasteiger partial charge in [-0.2, -0.15) is 0 Å². The van der Waals surface area contributed by atoms with Crippen LogP contribution in [0, 0.1) is 0 Å². The SMILES string of the molecule is O=C1C=CC(=O)N1c1ccc(NCl)cc1. The van der Waals surface area contributed by atoms with Gasteiger partial charge < -0.3 is 0 Å². The minimum absolute atomic E-state index is 0.327. The highest BCUT2D eigenvalue weighted by Gasteiger charge is 2.24. The molecular weight excluding hydrogens is 216 g/mol. The third-order valence-electron chi connectivity index (χ3n) is 2.04. The number of benzene rings is 1. The molecule has 1 aliphatic heterocycles. The lowest BCUT2D eigenvalue weighted by atomic mass is 10.2. The van der Waals surface area contributed by atoms with E-state index in [0.29, 0.717) is 11.4 Å². The standard InChI is InChI=1S/C10H7ClN2O2/c11-12-7-1-3-8(4-2-7)13-9(14)5-6-10(13)15/h1-6,12H. The molecule has 0 atom stereocenters. The third-order valence-corrected chi connectivity index (χ3v) is 2.26. The second-order valence-electron chi connectivity index (χ2n) is 2.99. The molecule has 1 N–H and O–H groups in total. The van der Waals surface area contributed by atoms with E-state index in [1.807, 2.05) is 0 Å². The van der Waals surface area contributed by atoms with Gasteiger partial charge in [-0.3, -0.25) is 14.4 Å². The lowest BCUT2D eigenvalue weighted by Gasteiger charge is -2.13. The van der Waals surface area contributed by atoms with Gasteiger partial charge in [0.25, 0.3) is 11.8 Å². The van der Waals surface area contributed by atoms with Crippen LogP contribution in [0.4, 0.5) is 11.4 Å². The Bertz CT molecular complexity index is 421. The molecule has 0 saturated heterocycles. The second kappa shape index (κ2) is 3.74. The Morgan fingerprint density at radius 2 is 1.53 bits per heavy atom. The molecule has 1 aromatic rings. The number of rotatable bonds is 2. The molecule has 76 valence electrons. The number of carbonyl (C=O) groups is 2. The summed E-state index contributed by atoms with van der Waals surface area (Å²) in [6.45, 7) is 0. The Balaban J connectivity index is 2.30. The van der Waals surface area contributed by atoms with Gasteiger partial charge in [-0.1, -0.05) is 0 Å². The molecule has 5 heteroatoms. The molecule has 0 fully saturated rings. The number of hydrogen-bond donors (Lipinski definition) is 1. The van der Waals surface area contributed by atoms with Gasteiger partial charge in [0.2, 0.25) is 0 Å². The maximum atomic E-state index is 11.3. The van der Waals surface area contributed by atoms with Crippen LogP contribution in [-0.2, 0) is 9.59 Å². The summed E-state index contributed by atoms with van der Waals surface area (Å²) in [4.78, 5) is 26.2. The largest absolute Gasteiger partial charge is 0.299 e. The van der Waals surface area contributed by atoms with Gasteiger partial charge in [0.15, 0.2) is 0 Å². The first-order valence-electron chi connectivity index (χ1n) is 4.25. The van der Waals surface area contributed by atoms with Crippen molar-refractivity contribution in [1.82, 2.24) is 0 Å². The average Bonchev–Trinajstić information content (AvgIpc) is 2.59. The maximum absolute atomic E-state index is 11.3. The van der Waals surface area contributed by atoms with E-state index in [4.69, 9.17) is 11.8 Å². The molecule has 1 heterocycles. The van der Waals surface area contributed by atoms with Crippen molar-refractivity contribution in [1.29, 1.82) is 0 Å². The molecule has 0 saturated carbocycles. The first-order chi connectivity index (χ1) is 7.22. The van der Waals surface area contributed by atoms with Gasteiger partial charge in [0.05, 0.1) is 5.69 Å². The van der Waals surface area contributed by atoms with Gasteiger partial charge in [-0.25, -0.2) is 4.90 Å². The predicted molar refractivity (Wildman–Crippen MR) is 57.6 cm³/mol. The smallest absolute Gasteiger partial charge is 0.258 e. The topological polar surface area (TPSA) is 49.4 Å². The van der Waals surface area contributed by atoms with E-state index in [-0.39, 0.29) is 11.8 Å². The Labute approximate surface area is 91.2 Å². The molecule has 0 aromatic heterocycles. The summed E-state index contributed by atoms with van der Waals surface area (Å²) < 4.78 is 0. The molecule has 1 aromatic carbocycles. The highest BCUT2D eigenvalue weighted by Crippen LogP contribution is 2.21. The Morgan fingerprint density at radius 3 is 2.00 bits per heavy atom. The fraction of sp³-hybridized carbons (Fsp3) is 0. The Kier molecular flexibility index (Phi) is 2.43. The molecule has 2 rings (SSSR count). The van der Waals surface area contributed by atoms with Crippen LogP contribution in [0.5, 0.6) is 0 Å². The van der Waals surface area contributed by atoms with Crippen LogP contribution in [0.3, 0.4) is 0 Å². The van der Waals surface area contributed by atoms with E-state index in [9.17, 15) is 9.59 Å². The zero-order valence-electron chi connectivity index (χ0n) is 7.61. The van der Waals surface area contributed by atoms with Crippen LogP contribution in [0.15, 0.2) is 36.4 Å². The molecule has 0 aliphatic carbocycles. The van der Waals surface area contributed by atoms with Gasteiger partial charge in [-0.15, -0.1) is 0 Å². The van der Waals surface area contributed by atoms with E-state index in [1.165, 1.54) is 12.2 Å². The van der Waals surface area contributed by atoms with Crippen molar-refractivity contribution in [2.24, 2.45) is 0 Å². The fourth-order valence-electron chi connectivity index (χ4n) is 1.33. The van der Waals surface area contributed by atoms with E-state index >= 15 is 0 Å². The van der Waals surface area contributed by atoms with Crippen LogP contribution >= 0.6 is 11.8 Å². The Hall–Kier alpha value is -1.81. The van der Waals surface area contributed by atoms with Crippen molar-refractivity contribution in [2.75, 3.05) is 9.74 Å². The van der Waals surface area contributed by atoms with Gasteiger partial charge in [0, 0.05) is 29.6 Å². The van der Waals surface area contributed by atoms with E-state index in [0.717, 1.165) is 4.90 Å². The Morgan fingerprint density at radius 1 is 1.00 bits per heavy atom. The lowest BCUT2D eigenvalue weighted by molar-refractivity contribution is -0.119. The highest BCUT2D eigenvalue weighted by atomic mass is 35.5. The minimum Gasteiger partial charge on any atom is -0.299 e. The van der Waals surface area contributed by atoms with Gasteiger partial charge in [0.1, 0.15) is 0 Å². The van der Waals surface area contributed by atoms with Crippen LogP contribution in [0.2, 0.25) is 0 Å². The van der Waals surface area contributed by atoms with Crippen molar-refractivity contribution < 1.29 is 9.59 Å². The van der Waals surface area contributed by atoms with E-state index in [1.54, 1.807) is 24.3 Å². The van der Waals surface area contributed by atoms with E-state index in [2.05, 4.69) is 4.84 Å². The molecule has 15 heavy (non-hydrogen) atoms. The zero-order chi connectivity index (χ0) is 10.8. The van der Waals surface area contributed by atoms with Crippen molar-refractivity contribution in [3.8, 4) is 0 Å². The van der Waals surface area contributed by atoms with E-state index < -0.39 is 0 Å². The summed E-state index contributed by atoms with van der Waals surface area (Å²) in [6, 6.07) is 6.66. The quantitative estimate of drug-likeness (QED) is 0.612. The molecular formula is C10H7ClN2O2. The minimum atomic E-state index is -0.327. The predicted octanol–water partition coefficient (Wildman–Crippen LogP) is 1.68. The fourth-order valence-corrected chi connectivity index (χ4v) is 1.45. The van der Waals surface area contributed by atoms with Crippen molar-refractivity contribution in [3.63, 3.8) is 0 Å². The van der Waals surface area contributed by atoms with Crippen LogP contribution < -0.4 is 9.74 Å². The summed E-state index contributed by atoms with van der Waals surface area (Å²) in [5.74, 6) is -0.654. The number of anilines is 2. The van der Waals surface area contributed by atoms with Crippen LogP contribution in [0.1, 0.15) is 0 Å². The second-order valence-corrected chi connectivity index (χ2v) is 3.18. The molecule has 0 radical (unpaired) electrons.